The Bertz CT molecular complexity index is 70.5. The summed E-state index contributed by atoms with van der Waals surface area (Å²) in [6.45, 7) is 0. The predicted molar refractivity (Wildman–Crippen MR) is 20.7 cm³/mol. The van der Waals surface area contributed by atoms with Crippen LogP contribution < -0.4 is 27.1 Å². The lowest BCUT2D eigenvalue weighted by atomic mass is 11.1. The largest absolute Gasteiger partial charge is 0.652 e. The van der Waals surface area contributed by atoms with Gasteiger partial charge in [0, 0.05) is 0 Å². The van der Waals surface area contributed by atoms with Crippen LogP contribution in [-0.2, 0) is 0 Å². The van der Waals surface area contributed by atoms with Gasteiger partial charge in [0.25, 0.3) is 0 Å². The third kappa shape index (κ3) is 26.7. The number of hydrogen-bond donors (Lipinski definition) is 3. The maximum absolute atomic E-state index is 8.33. The van der Waals surface area contributed by atoms with Gasteiger partial charge in [-0.25, -0.2) is 0 Å². The molecule has 6 nitrogen and oxygen atoms in total. The third-order valence-corrected chi connectivity index (χ3v) is 0. The molecule has 6 N–H and O–H groups in total. The van der Waals surface area contributed by atoms with Crippen LogP contribution in [-0.4, -0.2) is 12.1 Å². The van der Waals surface area contributed by atoms with Gasteiger partial charge in [-0.3, -0.25) is 16.9 Å². The van der Waals surface area contributed by atoms with Crippen molar-refractivity contribution >= 4 is 12.1 Å². The molecule has 0 aromatic carbocycles. The molecule has 0 aromatic rings. The van der Waals surface area contributed by atoms with Gasteiger partial charge in [-0.05, 0) is 6.16 Å². The minimum atomic E-state index is -2.33. The zero-order valence-electron chi connectivity index (χ0n) is 3.96. The molecule has 0 amide bonds. The summed E-state index contributed by atoms with van der Waals surface area (Å²) in [4.78, 5) is 8.33. The van der Waals surface area contributed by atoms with Gasteiger partial charge in [0.2, 0.25) is 0 Å². The zero-order chi connectivity index (χ0) is 7.15. The van der Waals surface area contributed by atoms with Gasteiger partial charge in [0.1, 0.15) is 0 Å². The Hall–Kier alpha value is -1.46. The molecule has 48 valence electrons. The summed E-state index contributed by atoms with van der Waals surface area (Å²) in [5.74, 6) is -0.0833. The van der Waals surface area contributed by atoms with E-state index < -0.39 is 6.16 Å². The molecule has 0 fully saturated rings. The minimum absolute atomic E-state index is 0.0833. The van der Waals surface area contributed by atoms with Crippen molar-refractivity contribution in [3.8, 4) is 0 Å². The maximum Gasteiger partial charge on any atom is 0.336 e. The highest BCUT2D eigenvalue weighted by Crippen LogP contribution is 1.21. The van der Waals surface area contributed by atoms with Crippen LogP contribution in [0.25, 0.3) is 0 Å². The van der Waals surface area contributed by atoms with E-state index in [-0.39, 0.29) is 5.96 Å². The minimum Gasteiger partial charge on any atom is -0.652 e. The lowest BCUT2D eigenvalue weighted by Crippen LogP contribution is -2.51. The molecule has 0 unspecified atom stereocenters. The number of carboxylic acid groups (broad SMARTS) is 2. The lowest BCUT2D eigenvalue weighted by Gasteiger charge is -1.96. The number of carbonyl (C=O) groups excluding carboxylic acids is 1. The van der Waals surface area contributed by atoms with E-state index in [1.807, 2.05) is 0 Å². The van der Waals surface area contributed by atoms with Crippen molar-refractivity contribution in [3.05, 3.63) is 0 Å². The molecule has 0 saturated carbocycles. The van der Waals surface area contributed by atoms with Crippen LogP contribution in [0, 0.1) is 0 Å². The molecule has 0 heterocycles. The smallest absolute Gasteiger partial charge is 0.336 e. The Morgan fingerprint density at radius 3 is 1.38 bits per heavy atom. The Kier molecular flexibility index (Phi) is 6.74. The molecule has 0 aliphatic carbocycles. The molecule has 0 aliphatic rings. The van der Waals surface area contributed by atoms with Crippen molar-refractivity contribution in [1.82, 2.24) is 0 Å². The molecule has 8 heavy (non-hydrogen) atoms. The average Bonchev–Trinajstić information content (AvgIpc) is 1.25. The van der Waals surface area contributed by atoms with Gasteiger partial charge >= 0.3 is 5.96 Å². The van der Waals surface area contributed by atoms with Crippen molar-refractivity contribution in [1.29, 1.82) is 0 Å². The number of nitrogens with two attached hydrogens (primary N) is 3. The highest BCUT2D eigenvalue weighted by Gasteiger charge is 1.64. The van der Waals surface area contributed by atoms with Gasteiger partial charge in [0.15, 0.2) is 0 Å². The van der Waals surface area contributed by atoms with E-state index in [9.17, 15) is 0 Å². The van der Waals surface area contributed by atoms with E-state index in [0.29, 0.717) is 0 Å². The van der Waals surface area contributed by atoms with Crippen molar-refractivity contribution in [2.75, 3.05) is 0 Å². The number of guanidine groups is 1. The highest BCUT2D eigenvalue weighted by molar-refractivity contribution is 5.68. The maximum atomic E-state index is 8.33. The van der Waals surface area contributed by atoms with Crippen molar-refractivity contribution in [3.63, 3.8) is 0 Å². The Balaban J connectivity index is 0. The molecule has 0 saturated heterocycles. The Morgan fingerprint density at radius 2 is 1.38 bits per heavy atom. The summed E-state index contributed by atoms with van der Waals surface area (Å²) < 4.78 is 0. The van der Waals surface area contributed by atoms with Crippen molar-refractivity contribution in [2.24, 2.45) is 11.5 Å². The van der Waals surface area contributed by atoms with Gasteiger partial charge < -0.3 is 15.0 Å². The first-order valence-electron chi connectivity index (χ1n) is 1.48. The van der Waals surface area contributed by atoms with Crippen molar-refractivity contribution < 1.29 is 20.4 Å². The van der Waals surface area contributed by atoms with Crippen LogP contribution >= 0.6 is 0 Å². The van der Waals surface area contributed by atoms with E-state index in [0.717, 1.165) is 0 Å². The summed E-state index contributed by atoms with van der Waals surface area (Å²) in [6, 6.07) is 0. The van der Waals surface area contributed by atoms with Gasteiger partial charge in [-0.15, -0.1) is 0 Å². The quantitative estimate of drug-likeness (QED) is 0.216. The van der Waals surface area contributed by atoms with E-state index in [1.165, 1.54) is 0 Å². The van der Waals surface area contributed by atoms with Crippen LogP contribution in [0.15, 0.2) is 0 Å². The molecule has 0 aromatic heterocycles. The van der Waals surface area contributed by atoms with Crippen LogP contribution in [0.4, 0.5) is 4.79 Å². The van der Waals surface area contributed by atoms with E-state index in [4.69, 9.17) is 15.0 Å². The first-order valence-corrected chi connectivity index (χ1v) is 1.48. The molecule has 0 spiro atoms. The van der Waals surface area contributed by atoms with Crippen LogP contribution in [0.2, 0.25) is 0 Å². The molecule has 0 radical (unpaired) electrons. The Labute approximate surface area is 45.2 Å². The van der Waals surface area contributed by atoms with Gasteiger partial charge in [0.05, 0.1) is 0 Å². The SMILES string of the molecule is NC(N)=[NH2+].O=C([O-])[O-]. The van der Waals surface area contributed by atoms with Crippen LogP contribution in [0.5, 0.6) is 0 Å². The second-order valence-corrected chi connectivity index (χ2v) is 0.750. The summed E-state index contributed by atoms with van der Waals surface area (Å²) in [5, 5.41) is 21.2. The van der Waals surface area contributed by atoms with E-state index in [2.05, 4.69) is 16.9 Å². The summed E-state index contributed by atoms with van der Waals surface area (Å²) >= 11 is 0. The standard InChI is InChI=1S/CH5N3.CH2O3/c2*2-1(3)4/h(H5,2,3,4);(H2,2,3,4)/p-1. The normalized spacial score (nSPS) is 6.00. The fourth-order valence-electron chi connectivity index (χ4n) is 0. The molecule has 0 rings (SSSR count). The molecule has 0 bridgehead atoms. The Morgan fingerprint density at radius 1 is 1.38 bits per heavy atom. The molecular weight excluding hydrogens is 114 g/mol. The first kappa shape index (κ1) is 9.74. The summed E-state index contributed by atoms with van der Waals surface area (Å²) in [7, 11) is 0. The summed E-state index contributed by atoms with van der Waals surface area (Å²) in [6.07, 6.45) is -2.33. The van der Waals surface area contributed by atoms with Gasteiger partial charge in [-0.2, -0.15) is 0 Å². The zero-order valence-corrected chi connectivity index (χ0v) is 3.96. The first-order chi connectivity index (χ1) is 3.46. The van der Waals surface area contributed by atoms with E-state index in [1.54, 1.807) is 0 Å². The molecule has 6 heteroatoms. The highest BCUT2D eigenvalue weighted by atomic mass is 16.6. The molecule has 0 atom stereocenters. The topological polar surface area (TPSA) is 141 Å². The second-order valence-electron chi connectivity index (χ2n) is 0.750. The van der Waals surface area contributed by atoms with Crippen molar-refractivity contribution in [2.45, 2.75) is 0 Å². The summed E-state index contributed by atoms with van der Waals surface area (Å²) in [5.41, 5.74) is 9.17. The fraction of sp³-hybridized carbons (Fsp3) is 0. The van der Waals surface area contributed by atoms with Crippen LogP contribution in [0.3, 0.4) is 0 Å². The third-order valence-electron chi connectivity index (χ3n) is 0. The van der Waals surface area contributed by atoms with E-state index >= 15 is 0 Å². The number of rotatable bonds is 0. The fourth-order valence-corrected chi connectivity index (χ4v) is 0. The monoisotopic (exact) mass is 120 g/mol. The molecular formula is C2H6N3O3-. The second kappa shape index (κ2) is 5.54. The molecule has 0 aliphatic heterocycles. The number of hydrogen-bond acceptors (Lipinski definition) is 3. The predicted octanol–water partition coefficient (Wildman–Crippen LogP) is -5.43. The average molecular weight is 120 g/mol. The van der Waals surface area contributed by atoms with Crippen LogP contribution in [0.1, 0.15) is 0 Å². The number of carbonyl (C=O) groups is 1. The lowest BCUT2D eigenvalue weighted by molar-refractivity contribution is -0.415. The van der Waals surface area contributed by atoms with Gasteiger partial charge in [-0.1, -0.05) is 0 Å².